The van der Waals surface area contributed by atoms with Crippen molar-refractivity contribution in [1.29, 1.82) is 0 Å². The number of urea groups is 1. The summed E-state index contributed by atoms with van der Waals surface area (Å²) < 4.78 is 5.42. The molecule has 98 valence electrons. The number of nitrogens with one attached hydrogen (secondary N) is 2. The molecular formula is C9H17N3O5. The summed E-state index contributed by atoms with van der Waals surface area (Å²) in [6.45, 7) is 2.04. The first kappa shape index (κ1) is 13.7. The molecule has 0 aromatic carbocycles. The van der Waals surface area contributed by atoms with Gasteiger partial charge in [0.25, 0.3) is 0 Å². The quantitative estimate of drug-likeness (QED) is 0.518. The molecule has 0 radical (unpaired) electrons. The highest BCUT2D eigenvalue weighted by molar-refractivity contribution is 5.73. The predicted molar refractivity (Wildman–Crippen MR) is 57.4 cm³/mol. The van der Waals surface area contributed by atoms with E-state index in [-0.39, 0.29) is 6.10 Å². The normalized spacial score (nSPS) is 20.9. The third kappa shape index (κ3) is 6.05. The molecule has 1 aliphatic heterocycles. The lowest BCUT2D eigenvalue weighted by molar-refractivity contribution is -0.144. The Morgan fingerprint density at radius 2 is 2.35 bits per heavy atom. The van der Waals surface area contributed by atoms with Gasteiger partial charge in [-0.1, -0.05) is 0 Å². The maximum absolute atomic E-state index is 11.1. The number of hydroxylamine groups is 1. The van der Waals surface area contributed by atoms with Crippen molar-refractivity contribution in [3.05, 3.63) is 0 Å². The highest BCUT2D eigenvalue weighted by atomic mass is 16.7. The molecule has 1 unspecified atom stereocenters. The van der Waals surface area contributed by atoms with E-state index >= 15 is 0 Å². The summed E-state index contributed by atoms with van der Waals surface area (Å²) in [6, 6.07) is -0.580. The Kier molecular flexibility index (Phi) is 5.67. The van der Waals surface area contributed by atoms with Crippen LogP contribution in [0.25, 0.3) is 0 Å². The van der Waals surface area contributed by atoms with E-state index in [1.165, 1.54) is 0 Å². The zero-order valence-corrected chi connectivity index (χ0v) is 9.64. The maximum atomic E-state index is 11.1. The van der Waals surface area contributed by atoms with Gasteiger partial charge in [-0.15, -0.1) is 0 Å². The van der Waals surface area contributed by atoms with Gasteiger partial charge in [-0.25, -0.2) is 15.1 Å². The summed E-state index contributed by atoms with van der Waals surface area (Å²) in [4.78, 5) is 27.8. The Hall–Kier alpha value is -1.38. The van der Waals surface area contributed by atoms with Gasteiger partial charge in [0, 0.05) is 19.6 Å². The molecule has 1 fully saturated rings. The number of hydrogen-bond donors (Lipinski definition) is 3. The summed E-state index contributed by atoms with van der Waals surface area (Å²) in [7, 11) is 1.98. The lowest BCUT2D eigenvalue weighted by atomic mass is 10.3. The van der Waals surface area contributed by atoms with Crippen molar-refractivity contribution in [2.75, 3.05) is 39.9 Å². The first-order valence-corrected chi connectivity index (χ1v) is 5.25. The Labute approximate surface area is 98.8 Å². The molecule has 0 bridgehead atoms. The standard InChI is InChI=1S/C9H17N3O5/c1-12-2-3-16-7(5-12)4-10-9(15)11-17-6-8(13)14/h7H,2-6H2,1H3,(H,13,14)(H2,10,11,15). The number of rotatable bonds is 5. The zero-order valence-electron chi connectivity index (χ0n) is 9.64. The third-order valence-corrected chi connectivity index (χ3v) is 2.19. The molecule has 1 aliphatic rings. The first-order chi connectivity index (χ1) is 8.08. The van der Waals surface area contributed by atoms with Crippen LogP contribution in [0, 0.1) is 0 Å². The fourth-order valence-electron chi connectivity index (χ4n) is 1.40. The molecule has 17 heavy (non-hydrogen) atoms. The van der Waals surface area contributed by atoms with Crippen LogP contribution < -0.4 is 10.8 Å². The van der Waals surface area contributed by atoms with Crippen molar-refractivity contribution in [2.45, 2.75) is 6.10 Å². The monoisotopic (exact) mass is 247 g/mol. The Morgan fingerprint density at radius 1 is 1.59 bits per heavy atom. The fraction of sp³-hybridized carbons (Fsp3) is 0.778. The molecule has 0 aromatic heterocycles. The predicted octanol–water partition coefficient (Wildman–Crippen LogP) is -1.37. The molecule has 3 N–H and O–H groups in total. The van der Waals surface area contributed by atoms with Gasteiger partial charge in [0.2, 0.25) is 0 Å². The number of likely N-dealkylation sites (N-methyl/N-ethyl adjacent to an activating group) is 1. The van der Waals surface area contributed by atoms with E-state index in [0.29, 0.717) is 13.2 Å². The summed E-state index contributed by atoms with van der Waals surface area (Å²) in [6.07, 6.45) is -0.0565. The SMILES string of the molecule is CN1CCOC(CNC(=O)NOCC(=O)O)C1. The van der Waals surface area contributed by atoms with E-state index in [2.05, 4.69) is 15.1 Å². The van der Waals surface area contributed by atoms with Gasteiger partial charge in [0.15, 0.2) is 6.61 Å². The smallest absolute Gasteiger partial charge is 0.338 e. The van der Waals surface area contributed by atoms with Crippen LogP contribution in [0.15, 0.2) is 0 Å². The van der Waals surface area contributed by atoms with Gasteiger partial charge in [0.05, 0.1) is 12.7 Å². The van der Waals surface area contributed by atoms with E-state index in [0.717, 1.165) is 13.1 Å². The van der Waals surface area contributed by atoms with Crippen LogP contribution in [-0.4, -0.2) is 68.0 Å². The molecule has 8 heteroatoms. The van der Waals surface area contributed by atoms with Gasteiger partial charge in [-0.3, -0.25) is 4.84 Å². The lowest BCUT2D eigenvalue weighted by Gasteiger charge is -2.29. The maximum Gasteiger partial charge on any atom is 0.338 e. The fourth-order valence-corrected chi connectivity index (χ4v) is 1.40. The second-order valence-corrected chi connectivity index (χ2v) is 3.75. The van der Waals surface area contributed by atoms with E-state index < -0.39 is 18.6 Å². The van der Waals surface area contributed by atoms with Crippen LogP contribution in [0.4, 0.5) is 4.79 Å². The van der Waals surface area contributed by atoms with Gasteiger partial charge in [0.1, 0.15) is 0 Å². The van der Waals surface area contributed by atoms with Crippen LogP contribution in [0.3, 0.4) is 0 Å². The summed E-state index contributed by atoms with van der Waals surface area (Å²) in [5, 5.41) is 10.8. The largest absolute Gasteiger partial charge is 0.479 e. The van der Waals surface area contributed by atoms with Crippen LogP contribution >= 0.6 is 0 Å². The molecule has 0 aromatic rings. The number of carboxylic acids is 1. The van der Waals surface area contributed by atoms with Crippen molar-refractivity contribution >= 4 is 12.0 Å². The number of aliphatic carboxylic acids is 1. The highest BCUT2D eigenvalue weighted by Crippen LogP contribution is 2.01. The van der Waals surface area contributed by atoms with E-state index in [4.69, 9.17) is 9.84 Å². The van der Waals surface area contributed by atoms with Crippen molar-refractivity contribution in [3.8, 4) is 0 Å². The molecule has 0 saturated carbocycles. The van der Waals surface area contributed by atoms with Crippen molar-refractivity contribution in [3.63, 3.8) is 0 Å². The average molecular weight is 247 g/mol. The molecular weight excluding hydrogens is 230 g/mol. The van der Waals surface area contributed by atoms with Crippen LogP contribution in [0.1, 0.15) is 0 Å². The molecule has 8 nitrogen and oxygen atoms in total. The second kappa shape index (κ2) is 7.05. The number of morpholine rings is 1. The van der Waals surface area contributed by atoms with Gasteiger partial charge in [-0.2, -0.15) is 0 Å². The number of carbonyl (C=O) groups is 2. The third-order valence-electron chi connectivity index (χ3n) is 2.19. The number of amides is 2. The van der Waals surface area contributed by atoms with Gasteiger partial charge >= 0.3 is 12.0 Å². The minimum absolute atomic E-state index is 0.0565. The molecule has 1 heterocycles. The lowest BCUT2D eigenvalue weighted by Crippen LogP contribution is -2.47. The number of carboxylic acid groups (broad SMARTS) is 1. The molecule has 1 rings (SSSR count). The average Bonchev–Trinajstić information content (AvgIpc) is 2.26. The Balaban J connectivity index is 2.08. The zero-order chi connectivity index (χ0) is 12.7. The second-order valence-electron chi connectivity index (χ2n) is 3.75. The summed E-state index contributed by atoms with van der Waals surface area (Å²) in [5.41, 5.74) is 1.96. The molecule has 1 atom stereocenters. The number of nitrogens with zero attached hydrogens (tertiary/aromatic N) is 1. The van der Waals surface area contributed by atoms with Gasteiger partial charge < -0.3 is 20.1 Å². The highest BCUT2D eigenvalue weighted by Gasteiger charge is 2.18. The Bertz CT molecular complexity index is 273. The van der Waals surface area contributed by atoms with Crippen LogP contribution in [-0.2, 0) is 14.4 Å². The number of carbonyl (C=O) groups excluding carboxylic acids is 1. The first-order valence-electron chi connectivity index (χ1n) is 5.25. The minimum Gasteiger partial charge on any atom is -0.479 e. The van der Waals surface area contributed by atoms with E-state index in [1.807, 2.05) is 12.5 Å². The summed E-state index contributed by atoms with van der Waals surface area (Å²) >= 11 is 0. The molecule has 2 amide bonds. The van der Waals surface area contributed by atoms with Crippen molar-refractivity contribution in [1.82, 2.24) is 15.7 Å². The summed E-state index contributed by atoms with van der Waals surface area (Å²) in [5.74, 6) is -1.15. The molecule has 0 spiro atoms. The van der Waals surface area contributed by atoms with Crippen LogP contribution in [0.2, 0.25) is 0 Å². The van der Waals surface area contributed by atoms with Crippen molar-refractivity contribution < 1.29 is 24.3 Å². The topological polar surface area (TPSA) is 100 Å². The Morgan fingerprint density at radius 3 is 3.00 bits per heavy atom. The minimum atomic E-state index is -1.15. The van der Waals surface area contributed by atoms with E-state index in [1.54, 1.807) is 0 Å². The number of ether oxygens (including phenoxy) is 1. The van der Waals surface area contributed by atoms with Gasteiger partial charge in [-0.05, 0) is 7.05 Å². The number of hydrogen-bond acceptors (Lipinski definition) is 5. The van der Waals surface area contributed by atoms with E-state index in [9.17, 15) is 9.59 Å². The van der Waals surface area contributed by atoms with Crippen LogP contribution in [0.5, 0.6) is 0 Å². The van der Waals surface area contributed by atoms with Crippen molar-refractivity contribution in [2.24, 2.45) is 0 Å². The molecule has 0 aliphatic carbocycles. The molecule has 1 saturated heterocycles.